The van der Waals surface area contributed by atoms with Gasteiger partial charge in [0, 0.05) is 52.0 Å². The molecule has 196 valence electrons. The van der Waals surface area contributed by atoms with Crippen molar-refractivity contribution in [1.29, 1.82) is 0 Å². The molecule has 1 N–H and O–H groups in total. The first-order valence-corrected chi connectivity index (χ1v) is 12.3. The lowest BCUT2D eigenvalue weighted by Crippen LogP contribution is -2.27. The summed E-state index contributed by atoms with van der Waals surface area (Å²) in [5, 5.41) is 2.26. The van der Waals surface area contributed by atoms with Crippen LogP contribution in [0.1, 0.15) is 20.8 Å². The summed E-state index contributed by atoms with van der Waals surface area (Å²) in [6.07, 6.45) is 5.47. The molecule has 0 aliphatic carbocycles. The van der Waals surface area contributed by atoms with Crippen LogP contribution in [0.4, 0.5) is 0 Å². The molecule has 37 heavy (non-hydrogen) atoms. The SMILES string of the molecule is CC(C)(C)OC(=O)COCCOCCOCCOc1ccc(-c2ccc3c(c2)[nH]c2ccncc23)cn1. The minimum atomic E-state index is -0.510. The molecule has 3 aromatic heterocycles. The molecule has 3 heterocycles. The van der Waals surface area contributed by atoms with E-state index in [4.69, 9.17) is 23.7 Å². The van der Waals surface area contributed by atoms with Crippen LogP contribution in [0.5, 0.6) is 5.88 Å². The number of ether oxygens (including phenoxy) is 5. The molecule has 4 aromatic rings. The van der Waals surface area contributed by atoms with Crippen molar-refractivity contribution < 1.29 is 28.5 Å². The Morgan fingerprint density at radius 3 is 2.27 bits per heavy atom. The van der Waals surface area contributed by atoms with Gasteiger partial charge in [-0.05, 0) is 44.5 Å². The first-order valence-electron chi connectivity index (χ1n) is 12.3. The van der Waals surface area contributed by atoms with E-state index in [9.17, 15) is 4.79 Å². The predicted molar refractivity (Wildman–Crippen MR) is 141 cm³/mol. The standard InChI is InChI=1S/C28H33N3O6/c1-28(2,3)37-27(32)19-35-13-12-33-10-11-34-14-15-36-26-7-5-21(17-30-26)20-4-6-22-23-18-29-9-8-24(23)31-25(22)16-20/h4-9,16-18,31H,10-15,19H2,1-3H3. The number of carbonyl (C=O) groups is 1. The summed E-state index contributed by atoms with van der Waals surface area (Å²) in [5.74, 6) is 0.160. The molecule has 9 heteroatoms. The fraction of sp³-hybridized carbons (Fsp3) is 0.393. The number of aromatic nitrogens is 3. The topological polar surface area (TPSA) is 105 Å². The summed E-state index contributed by atoms with van der Waals surface area (Å²) >= 11 is 0. The summed E-state index contributed by atoms with van der Waals surface area (Å²) in [6, 6.07) is 12.1. The van der Waals surface area contributed by atoms with Crippen LogP contribution in [-0.2, 0) is 23.7 Å². The van der Waals surface area contributed by atoms with Crippen molar-refractivity contribution in [3.05, 3.63) is 55.0 Å². The van der Waals surface area contributed by atoms with Crippen LogP contribution in [0.2, 0.25) is 0 Å². The summed E-state index contributed by atoms with van der Waals surface area (Å²) in [6.45, 7) is 7.75. The van der Waals surface area contributed by atoms with Gasteiger partial charge in [-0.3, -0.25) is 4.98 Å². The first kappa shape index (κ1) is 26.5. The third kappa shape index (κ3) is 7.98. The second-order valence-electron chi connectivity index (χ2n) is 9.40. The second-order valence-corrected chi connectivity index (χ2v) is 9.40. The number of H-pyrrole nitrogens is 1. The molecule has 0 radical (unpaired) electrons. The Balaban J connectivity index is 1.09. The zero-order valence-corrected chi connectivity index (χ0v) is 21.5. The van der Waals surface area contributed by atoms with E-state index in [0.717, 1.165) is 32.9 Å². The van der Waals surface area contributed by atoms with Crippen molar-refractivity contribution in [2.24, 2.45) is 0 Å². The number of hydrogen-bond acceptors (Lipinski definition) is 8. The smallest absolute Gasteiger partial charge is 0.332 e. The molecule has 0 aliphatic heterocycles. The van der Waals surface area contributed by atoms with Gasteiger partial charge < -0.3 is 28.7 Å². The maximum Gasteiger partial charge on any atom is 0.332 e. The van der Waals surface area contributed by atoms with Gasteiger partial charge in [0.1, 0.15) is 18.8 Å². The quantitative estimate of drug-likeness (QED) is 0.208. The third-order valence-corrected chi connectivity index (χ3v) is 5.33. The average Bonchev–Trinajstić information content (AvgIpc) is 3.24. The average molecular weight is 508 g/mol. The van der Waals surface area contributed by atoms with Gasteiger partial charge in [-0.1, -0.05) is 12.1 Å². The van der Waals surface area contributed by atoms with E-state index in [-0.39, 0.29) is 12.6 Å². The molecule has 0 amide bonds. The predicted octanol–water partition coefficient (Wildman–Crippen LogP) is 4.55. The third-order valence-electron chi connectivity index (χ3n) is 5.33. The van der Waals surface area contributed by atoms with Crippen LogP contribution >= 0.6 is 0 Å². The Morgan fingerprint density at radius 1 is 0.811 bits per heavy atom. The van der Waals surface area contributed by atoms with Crippen molar-refractivity contribution in [3.8, 4) is 17.0 Å². The fourth-order valence-electron chi connectivity index (χ4n) is 3.73. The molecular formula is C28H33N3O6. The molecule has 0 aliphatic rings. The number of rotatable bonds is 13. The van der Waals surface area contributed by atoms with E-state index in [0.29, 0.717) is 45.5 Å². The minimum absolute atomic E-state index is 0.0826. The van der Waals surface area contributed by atoms with E-state index in [1.807, 2.05) is 45.2 Å². The van der Waals surface area contributed by atoms with Gasteiger partial charge in [-0.15, -0.1) is 0 Å². The van der Waals surface area contributed by atoms with E-state index in [1.165, 1.54) is 0 Å². The second kappa shape index (κ2) is 12.6. The van der Waals surface area contributed by atoms with Crippen molar-refractivity contribution in [3.63, 3.8) is 0 Å². The molecule has 0 spiro atoms. The molecule has 4 rings (SSSR count). The molecule has 0 bridgehead atoms. The lowest BCUT2D eigenvalue weighted by atomic mass is 10.1. The molecular weight excluding hydrogens is 474 g/mol. The Morgan fingerprint density at radius 2 is 1.54 bits per heavy atom. The number of nitrogens with one attached hydrogen (secondary N) is 1. The minimum Gasteiger partial charge on any atom is -0.475 e. The van der Waals surface area contributed by atoms with Crippen LogP contribution in [0.15, 0.2) is 55.0 Å². The van der Waals surface area contributed by atoms with E-state index in [1.54, 1.807) is 12.4 Å². The van der Waals surface area contributed by atoms with Gasteiger partial charge in [-0.2, -0.15) is 0 Å². The van der Waals surface area contributed by atoms with Gasteiger partial charge in [0.25, 0.3) is 0 Å². The Hall–Kier alpha value is -3.53. The van der Waals surface area contributed by atoms with Gasteiger partial charge in [-0.25, -0.2) is 9.78 Å². The summed E-state index contributed by atoms with van der Waals surface area (Å²) in [5.41, 5.74) is 3.71. The van der Waals surface area contributed by atoms with Gasteiger partial charge in [0.05, 0.1) is 33.0 Å². The highest BCUT2D eigenvalue weighted by molar-refractivity contribution is 6.07. The van der Waals surface area contributed by atoms with Crippen LogP contribution in [0.3, 0.4) is 0 Å². The number of fused-ring (bicyclic) bond motifs is 3. The number of carbonyl (C=O) groups excluding carboxylic acids is 1. The fourth-order valence-corrected chi connectivity index (χ4v) is 3.73. The zero-order valence-electron chi connectivity index (χ0n) is 21.5. The Labute approximate surface area is 216 Å². The van der Waals surface area contributed by atoms with Crippen molar-refractivity contribution in [2.75, 3.05) is 46.2 Å². The molecule has 0 saturated carbocycles. The van der Waals surface area contributed by atoms with Crippen LogP contribution in [0.25, 0.3) is 32.9 Å². The van der Waals surface area contributed by atoms with E-state index < -0.39 is 5.60 Å². The highest BCUT2D eigenvalue weighted by atomic mass is 16.6. The normalized spacial score (nSPS) is 11.8. The molecule has 1 aromatic carbocycles. The van der Waals surface area contributed by atoms with Crippen LogP contribution in [0, 0.1) is 0 Å². The molecule has 0 unspecified atom stereocenters. The number of aromatic amines is 1. The molecule has 0 fully saturated rings. The summed E-state index contributed by atoms with van der Waals surface area (Å²) in [7, 11) is 0. The van der Waals surface area contributed by atoms with E-state index >= 15 is 0 Å². The van der Waals surface area contributed by atoms with Crippen molar-refractivity contribution >= 4 is 27.8 Å². The van der Waals surface area contributed by atoms with Crippen molar-refractivity contribution in [1.82, 2.24) is 15.0 Å². The lowest BCUT2D eigenvalue weighted by Gasteiger charge is -2.19. The lowest BCUT2D eigenvalue weighted by molar-refractivity contribution is -0.160. The maximum absolute atomic E-state index is 11.5. The number of nitrogens with zero attached hydrogens (tertiary/aromatic N) is 2. The van der Waals surface area contributed by atoms with Crippen molar-refractivity contribution in [2.45, 2.75) is 26.4 Å². The largest absolute Gasteiger partial charge is 0.475 e. The Bertz CT molecular complexity index is 1300. The van der Waals surface area contributed by atoms with Gasteiger partial charge in [0.15, 0.2) is 0 Å². The highest BCUT2D eigenvalue weighted by Gasteiger charge is 2.15. The highest BCUT2D eigenvalue weighted by Crippen LogP contribution is 2.29. The summed E-state index contributed by atoms with van der Waals surface area (Å²) < 4.78 is 27.0. The van der Waals surface area contributed by atoms with Gasteiger partial charge in [0.2, 0.25) is 5.88 Å². The van der Waals surface area contributed by atoms with E-state index in [2.05, 4.69) is 33.2 Å². The molecule has 9 nitrogen and oxygen atoms in total. The number of pyridine rings is 2. The number of esters is 1. The Kier molecular flexibility index (Phi) is 9.05. The van der Waals surface area contributed by atoms with Crippen LogP contribution in [-0.4, -0.2) is 72.8 Å². The number of benzene rings is 1. The zero-order chi connectivity index (χ0) is 26.1. The number of hydrogen-bond donors (Lipinski definition) is 1. The van der Waals surface area contributed by atoms with Crippen LogP contribution < -0.4 is 4.74 Å². The van der Waals surface area contributed by atoms with Gasteiger partial charge >= 0.3 is 5.97 Å². The maximum atomic E-state index is 11.5. The molecule has 0 saturated heterocycles. The monoisotopic (exact) mass is 507 g/mol. The summed E-state index contributed by atoms with van der Waals surface area (Å²) in [4.78, 5) is 23.6. The molecule has 0 atom stereocenters. The first-order chi connectivity index (χ1) is 17.9.